The molecule has 4 rings (SSSR count). The topological polar surface area (TPSA) is 100 Å². The molecule has 1 aliphatic rings. The first-order chi connectivity index (χ1) is 12.6. The number of aromatic amines is 1. The van der Waals surface area contributed by atoms with E-state index in [-0.39, 0.29) is 12.1 Å². The second-order valence-electron chi connectivity index (χ2n) is 5.71. The molecule has 132 valence electrons. The minimum atomic E-state index is -0.433. The number of anilines is 2. The van der Waals surface area contributed by atoms with Crippen LogP contribution in [0.15, 0.2) is 41.3 Å². The minimum absolute atomic E-state index is 0.202. The van der Waals surface area contributed by atoms with Crippen LogP contribution in [0.4, 0.5) is 16.6 Å². The lowest BCUT2D eigenvalue weighted by atomic mass is 10.1. The summed E-state index contributed by atoms with van der Waals surface area (Å²) in [5.74, 6) is 0.761. The molecule has 9 heteroatoms. The van der Waals surface area contributed by atoms with Crippen LogP contribution in [0.25, 0.3) is 10.9 Å². The van der Waals surface area contributed by atoms with Crippen molar-refractivity contribution >= 4 is 40.4 Å². The Bertz CT molecular complexity index is 1050. The fourth-order valence-corrected chi connectivity index (χ4v) is 2.90. The Morgan fingerprint density at radius 3 is 2.96 bits per heavy atom. The van der Waals surface area contributed by atoms with Gasteiger partial charge in [-0.2, -0.15) is 4.98 Å². The van der Waals surface area contributed by atoms with Crippen molar-refractivity contribution in [3.8, 4) is 0 Å². The average molecular weight is 372 g/mol. The van der Waals surface area contributed by atoms with E-state index in [2.05, 4.69) is 20.3 Å². The molecule has 1 aliphatic heterocycles. The number of carbonyl (C=O) groups is 1. The van der Waals surface area contributed by atoms with E-state index in [1.54, 1.807) is 36.5 Å². The maximum absolute atomic E-state index is 12.2. The van der Waals surface area contributed by atoms with Crippen LogP contribution >= 0.6 is 11.6 Å². The summed E-state index contributed by atoms with van der Waals surface area (Å²) >= 11 is 6.01. The predicted octanol–water partition coefficient (Wildman–Crippen LogP) is 2.54. The van der Waals surface area contributed by atoms with E-state index < -0.39 is 6.09 Å². The van der Waals surface area contributed by atoms with Gasteiger partial charge in [0.1, 0.15) is 12.4 Å². The standard InChI is InChI=1S/C17H14ClN5O3/c18-12-1-2-13-10(8-12)7-11(15(24)21-13)9-20-16-19-4-3-14(22-16)23-5-6-26-17(23)25/h1-4,7-8H,5-6,9H2,(H,21,24)(H,19,20,22). The van der Waals surface area contributed by atoms with Gasteiger partial charge in [0.25, 0.3) is 5.56 Å². The number of cyclic esters (lactones) is 1. The van der Waals surface area contributed by atoms with E-state index in [0.29, 0.717) is 41.0 Å². The van der Waals surface area contributed by atoms with Crippen LogP contribution in [0.3, 0.4) is 0 Å². The molecule has 3 heterocycles. The molecule has 0 saturated carbocycles. The highest BCUT2D eigenvalue weighted by atomic mass is 35.5. The van der Waals surface area contributed by atoms with Crippen molar-refractivity contribution in [2.45, 2.75) is 6.54 Å². The average Bonchev–Trinajstić information content (AvgIpc) is 3.06. The van der Waals surface area contributed by atoms with Crippen molar-refractivity contribution in [2.75, 3.05) is 23.4 Å². The molecule has 1 amide bonds. The molecule has 2 N–H and O–H groups in total. The maximum atomic E-state index is 12.2. The maximum Gasteiger partial charge on any atom is 0.415 e. The number of nitrogens with zero attached hydrogens (tertiary/aromatic N) is 3. The number of halogens is 1. The van der Waals surface area contributed by atoms with Crippen molar-refractivity contribution in [1.82, 2.24) is 15.0 Å². The van der Waals surface area contributed by atoms with Crippen LogP contribution in [-0.2, 0) is 11.3 Å². The summed E-state index contributed by atoms with van der Waals surface area (Å²) in [6.07, 6.45) is 1.11. The summed E-state index contributed by atoms with van der Waals surface area (Å²) in [5.41, 5.74) is 1.04. The SMILES string of the molecule is O=C1OCCN1c1ccnc(NCc2cc3cc(Cl)ccc3[nH]c2=O)n1. The number of fused-ring (bicyclic) bond motifs is 1. The summed E-state index contributed by atoms with van der Waals surface area (Å²) in [4.78, 5) is 36.5. The smallest absolute Gasteiger partial charge is 0.415 e. The Hall–Kier alpha value is -3.13. The van der Waals surface area contributed by atoms with Gasteiger partial charge < -0.3 is 15.0 Å². The molecule has 0 aliphatic carbocycles. The Balaban J connectivity index is 1.55. The number of hydrogen-bond donors (Lipinski definition) is 2. The Kier molecular flexibility index (Phi) is 4.18. The lowest BCUT2D eigenvalue weighted by Crippen LogP contribution is -2.25. The van der Waals surface area contributed by atoms with E-state index in [1.807, 2.05) is 0 Å². The third-order valence-corrected chi connectivity index (χ3v) is 4.23. The van der Waals surface area contributed by atoms with E-state index in [4.69, 9.17) is 16.3 Å². The number of pyridine rings is 1. The number of nitrogens with one attached hydrogen (secondary N) is 2. The van der Waals surface area contributed by atoms with Crippen molar-refractivity contribution in [3.05, 3.63) is 57.5 Å². The van der Waals surface area contributed by atoms with Crippen molar-refractivity contribution < 1.29 is 9.53 Å². The quantitative estimate of drug-likeness (QED) is 0.731. The third-order valence-electron chi connectivity index (χ3n) is 4.00. The van der Waals surface area contributed by atoms with Gasteiger partial charge >= 0.3 is 6.09 Å². The molecule has 0 unspecified atom stereocenters. The van der Waals surface area contributed by atoms with Crippen LogP contribution in [-0.4, -0.2) is 34.2 Å². The molecule has 0 bridgehead atoms. The van der Waals surface area contributed by atoms with Crippen molar-refractivity contribution in [1.29, 1.82) is 0 Å². The fraction of sp³-hybridized carbons (Fsp3) is 0.176. The molecule has 0 atom stereocenters. The predicted molar refractivity (Wildman–Crippen MR) is 97.6 cm³/mol. The van der Waals surface area contributed by atoms with E-state index in [9.17, 15) is 9.59 Å². The summed E-state index contributed by atoms with van der Waals surface area (Å²) < 4.78 is 4.91. The highest BCUT2D eigenvalue weighted by Crippen LogP contribution is 2.19. The van der Waals surface area contributed by atoms with Gasteiger partial charge in [0, 0.05) is 34.2 Å². The van der Waals surface area contributed by atoms with Crippen LogP contribution in [0.2, 0.25) is 5.02 Å². The number of hydrogen-bond acceptors (Lipinski definition) is 6. The second-order valence-corrected chi connectivity index (χ2v) is 6.15. The molecular formula is C17H14ClN5O3. The first-order valence-electron chi connectivity index (χ1n) is 7.93. The molecule has 2 aromatic heterocycles. The zero-order valence-electron chi connectivity index (χ0n) is 13.5. The van der Waals surface area contributed by atoms with Gasteiger partial charge in [-0.15, -0.1) is 0 Å². The molecule has 1 fully saturated rings. The first-order valence-corrected chi connectivity index (χ1v) is 8.30. The van der Waals surface area contributed by atoms with Crippen LogP contribution in [0, 0.1) is 0 Å². The Morgan fingerprint density at radius 1 is 1.27 bits per heavy atom. The van der Waals surface area contributed by atoms with Gasteiger partial charge in [-0.25, -0.2) is 9.78 Å². The molecule has 0 radical (unpaired) electrons. The van der Waals surface area contributed by atoms with Crippen LogP contribution in [0.1, 0.15) is 5.56 Å². The Labute approximate surface area is 152 Å². The minimum Gasteiger partial charge on any atom is -0.447 e. The molecule has 1 saturated heterocycles. The first kappa shape index (κ1) is 16.3. The number of amides is 1. The normalized spacial score (nSPS) is 13.9. The third kappa shape index (κ3) is 3.18. The molecule has 0 spiro atoms. The van der Waals surface area contributed by atoms with Gasteiger partial charge in [-0.3, -0.25) is 9.69 Å². The van der Waals surface area contributed by atoms with Crippen molar-refractivity contribution in [3.63, 3.8) is 0 Å². The summed E-state index contributed by atoms with van der Waals surface area (Å²) in [6.45, 7) is 1.01. The summed E-state index contributed by atoms with van der Waals surface area (Å²) in [5, 5.41) is 4.44. The largest absolute Gasteiger partial charge is 0.447 e. The van der Waals surface area contributed by atoms with Crippen LogP contribution in [0.5, 0.6) is 0 Å². The summed E-state index contributed by atoms with van der Waals surface area (Å²) in [7, 11) is 0. The van der Waals surface area contributed by atoms with Crippen molar-refractivity contribution in [2.24, 2.45) is 0 Å². The lowest BCUT2D eigenvalue weighted by molar-refractivity contribution is 0.181. The lowest BCUT2D eigenvalue weighted by Gasteiger charge is -2.12. The Morgan fingerprint density at radius 2 is 2.15 bits per heavy atom. The monoisotopic (exact) mass is 371 g/mol. The van der Waals surface area contributed by atoms with Gasteiger partial charge in [0.2, 0.25) is 5.95 Å². The zero-order chi connectivity index (χ0) is 18.1. The van der Waals surface area contributed by atoms with Gasteiger partial charge in [-0.1, -0.05) is 11.6 Å². The number of H-pyrrole nitrogens is 1. The number of carbonyl (C=O) groups excluding carboxylic acids is 1. The van der Waals surface area contributed by atoms with Crippen LogP contribution < -0.4 is 15.8 Å². The molecular weight excluding hydrogens is 358 g/mol. The second kappa shape index (κ2) is 6.64. The highest BCUT2D eigenvalue weighted by molar-refractivity contribution is 6.31. The summed E-state index contributed by atoms with van der Waals surface area (Å²) in [6, 6.07) is 8.67. The van der Waals surface area contributed by atoms with E-state index >= 15 is 0 Å². The fourth-order valence-electron chi connectivity index (χ4n) is 2.71. The number of aromatic nitrogens is 3. The van der Waals surface area contributed by atoms with Gasteiger partial charge in [-0.05, 0) is 30.3 Å². The highest BCUT2D eigenvalue weighted by Gasteiger charge is 2.24. The van der Waals surface area contributed by atoms with E-state index in [0.717, 1.165) is 5.39 Å². The van der Waals surface area contributed by atoms with Gasteiger partial charge in [0.15, 0.2) is 0 Å². The molecule has 8 nitrogen and oxygen atoms in total. The molecule has 1 aromatic carbocycles. The number of ether oxygens (including phenoxy) is 1. The van der Waals surface area contributed by atoms with E-state index in [1.165, 1.54) is 4.90 Å². The molecule has 26 heavy (non-hydrogen) atoms. The number of rotatable bonds is 4. The zero-order valence-corrected chi connectivity index (χ0v) is 14.3. The molecule has 3 aromatic rings. The van der Waals surface area contributed by atoms with Gasteiger partial charge in [0.05, 0.1) is 6.54 Å². The number of benzene rings is 1.